The van der Waals surface area contributed by atoms with Crippen LogP contribution in [0.25, 0.3) is 0 Å². The van der Waals surface area contributed by atoms with Crippen LogP contribution in [0.1, 0.15) is 64.7 Å². The summed E-state index contributed by atoms with van der Waals surface area (Å²) in [5.74, 6) is 1.20. The maximum absolute atomic E-state index is 12.7. The van der Waals surface area contributed by atoms with Crippen LogP contribution in [-0.2, 0) is 9.53 Å². The molecule has 1 atom stereocenters. The van der Waals surface area contributed by atoms with Crippen molar-refractivity contribution < 1.29 is 9.53 Å². The van der Waals surface area contributed by atoms with E-state index in [0.717, 1.165) is 25.4 Å². The molecule has 2 saturated carbocycles. The van der Waals surface area contributed by atoms with E-state index in [1.165, 1.54) is 44.9 Å². The zero-order valence-electron chi connectivity index (χ0n) is 12.1. The quantitative estimate of drug-likeness (QED) is 0.781. The zero-order chi connectivity index (χ0) is 13.2. The van der Waals surface area contributed by atoms with Gasteiger partial charge in [0.25, 0.3) is 5.91 Å². The Morgan fingerprint density at radius 1 is 1.05 bits per heavy atom. The minimum Gasteiger partial charge on any atom is -0.368 e. The summed E-state index contributed by atoms with van der Waals surface area (Å²) in [7, 11) is 0. The standard InChI is InChI=1S/C16H27NO2/c1-2-12-5-7-13(8-6-12)17(14-9-10-14)16(18)15-4-3-11-19-15/h12-15H,2-11H2,1H3/t12?,13?,15-/m1/s1. The summed E-state index contributed by atoms with van der Waals surface area (Å²) < 4.78 is 5.62. The second-order valence-electron chi connectivity index (χ2n) is 6.56. The molecule has 0 spiro atoms. The van der Waals surface area contributed by atoms with Gasteiger partial charge in [0.05, 0.1) is 0 Å². The Labute approximate surface area is 116 Å². The minimum absolute atomic E-state index is 0.121. The van der Waals surface area contributed by atoms with Gasteiger partial charge in [-0.25, -0.2) is 0 Å². The smallest absolute Gasteiger partial charge is 0.252 e. The fraction of sp³-hybridized carbons (Fsp3) is 0.938. The lowest BCUT2D eigenvalue weighted by atomic mass is 9.83. The molecule has 3 fully saturated rings. The van der Waals surface area contributed by atoms with Gasteiger partial charge in [0.1, 0.15) is 6.10 Å². The van der Waals surface area contributed by atoms with Crippen molar-refractivity contribution in [1.82, 2.24) is 4.90 Å². The van der Waals surface area contributed by atoms with Gasteiger partial charge in [-0.05, 0) is 57.3 Å². The predicted molar refractivity (Wildman–Crippen MR) is 74.9 cm³/mol. The van der Waals surface area contributed by atoms with Gasteiger partial charge in [-0.2, -0.15) is 0 Å². The molecular formula is C16H27NO2. The maximum atomic E-state index is 12.7. The van der Waals surface area contributed by atoms with E-state index in [0.29, 0.717) is 18.0 Å². The Hall–Kier alpha value is -0.570. The predicted octanol–water partition coefficient (Wildman–Crippen LogP) is 3.13. The summed E-state index contributed by atoms with van der Waals surface area (Å²) in [6.07, 6.45) is 10.6. The van der Waals surface area contributed by atoms with Crippen LogP contribution in [0, 0.1) is 5.92 Å². The van der Waals surface area contributed by atoms with Crippen LogP contribution in [-0.4, -0.2) is 35.6 Å². The molecule has 0 bridgehead atoms. The molecule has 1 aliphatic heterocycles. The van der Waals surface area contributed by atoms with E-state index in [9.17, 15) is 4.79 Å². The van der Waals surface area contributed by atoms with E-state index in [2.05, 4.69) is 11.8 Å². The largest absolute Gasteiger partial charge is 0.368 e. The topological polar surface area (TPSA) is 29.5 Å². The highest BCUT2D eigenvalue weighted by Gasteiger charge is 2.41. The molecule has 3 rings (SSSR count). The molecule has 0 radical (unpaired) electrons. The molecule has 0 aromatic carbocycles. The van der Waals surface area contributed by atoms with Crippen LogP contribution in [0.5, 0.6) is 0 Å². The zero-order valence-corrected chi connectivity index (χ0v) is 12.1. The third kappa shape index (κ3) is 2.96. The van der Waals surface area contributed by atoms with Crippen LogP contribution in [0.15, 0.2) is 0 Å². The first-order valence-electron chi connectivity index (χ1n) is 8.23. The molecule has 2 aliphatic carbocycles. The summed E-state index contributed by atoms with van der Waals surface area (Å²) in [6.45, 7) is 3.07. The number of ether oxygens (including phenoxy) is 1. The highest BCUT2D eigenvalue weighted by molar-refractivity contribution is 5.82. The van der Waals surface area contributed by atoms with Gasteiger partial charge in [0.2, 0.25) is 0 Å². The van der Waals surface area contributed by atoms with Crippen molar-refractivity contribution in [2.45, 2.75) is 82.9 Å². The molecule has 108 valence electrons. The molecule has 3 nitrogen and oxygen atoms in total. The molecule has 0 unspecified atom stereocenters. The molecule has 19 heavy (non-hydrogen) atoms. The third-order valence-corrected chi connectivity index (χ3v) is 5.19. The van der Waals surface area contributed by atoms with Crippen molar-refractivity contribution in [1.29, 1.82) is 0 Å². The van der Waals surface area contributed by atoms with Gasteiger partial charge >= 0.3 is 0 Å². The Kier molecular flexibility index (Phi) is 4.11. The SMILES string of the molecule is CCC1CCC(N(C(=O)[C@H]2CCCO2)C2CC2)CC1. The summed E-state index contributed by atoms with van der Waals surface area (Å²) >= 11 is 0. The average Bonchev–Trinajstić information content (AvgIpc) is 3.12. The first-order valence-corrected chi connectivity index (χ1v) is 8.23. The first-order chi connectivity index (χ1) is 9.29. The van der Waals surface area contributed by atoms with Crippen molar-refractivity contribution in [3.8, 4) is 0 Å². The van der Waals surface area contributed by atoms with Gasteiger partial charge in [-0.1, -0.05) is 13.3 Å². The summed E-state index contributed by atoms with van der Waals surface area (Å²) in [5.41, 5.74) is 0. The fourth-order valence-corrected chi connectivity index (χ4v) is 3.78. The van der Waals surface area contributed by atoms with Crippen molar-refractivity contribution in [3.63, 3.8) is 0 Å². The van der Waals surface area contributed by atoms with E-state index in [4.69, 9.17) is 4.74 Å². The number of hydrogen-bond acceptors (Lipinski definition) is 2. The molecule has 0 N–H and O–H groups in total. The van der Waals surface area contributed by atoms with E-state index in [-0.39, 0.29) is 6.10 Å². The van der Waals surface area contributed by atoms with Crippen LogP contribution in [0.4, 0.5) is 0 Å². The molecular weight excluding hydrogens is 238 g/mol. The lowest BCUT2D eigenvalue weighted by Crippen LogP contribution is -2.48. The van der Waals surface area contributed by atoms with E-state index < -0.39 is 0 Å². The number of rotatable bonds is 4. The van der Waals surface area contributed by atoms with Gasteiger partial charge < -0.3 is 9.64 Å². The summed E-state index contributed by atoms with van der Waals surface area (Å²) in [5, 5.41) is 0. The monoisotopic (exact) mass is 265 g/mol. The highest BCUT2D eigenvalue weighted by atomic mass is 16.5. The van der Waals surface area contributed by atoms with Crippen molar-refractivity contribution >= 4 is 5.91 Å². The van der Waals surface area contributed by atoms with Gasteiger partial charge in [-0.15, -0.1) is 0 Å². The first kappa shape index (κ1) is 13.4. The molecule has 0 aromatic rings. The molecule has 3 heteroatoms. The summed E-state index contributed by atoms with van der Waals surface area (Å²) in [4.78, 5) is 14.9. The number of carbonyl (C=O) groups excluding carboxylic acids is 1. The Morgan fingerprint density at radius 2 is 1.68 bits per heavy atom. The van der Waals surface area contributed by atoms with Crippen LogP contribution in [0.3, 0.4) is 0 Å². The number of carbonyl (C=O) groups is 1. The Balaban J connectivity index is 1.62. The van der Waals surface area contributed by atoms with Gasteiger partial charge in [0, 0.05) is 18.7 Å². The lowest BCUT2D eigenvalue weighted by Gasteiger charge is -2.38. The Bertz CT molecular complexity index is 313. The molecule has 3 aliphatic rings. The number of nitrogens with zero attached hydrogens (tertiary/aromatic N) is 1. The molecule has 1 heterocycles. The highest BCUT2D eigenvalue weighted by Crippen LogP contribution is 2.37. The van der Waals surface area contributed by atoms with E-state index >= 15 is 0 Å². The second kappa shape index (κ2) is 5.82. The Morgan fingerprint density at radius 3 is 2.16 bits per heavy atom. The van der Waals surface area contributed by atoms with Crippen LogP contribution >= 0.6 is 0 Å². The minimum atomic E-state index is -0.121. The van der Waals surface area contributed by atoms with Crippen molar-refractivity contribution in [2.24, 2.45) is 5.92 Å². The van der Waals surface area contributed by atoms with E-state index in [1.54, 1.807) is 0 Å². The van der Waals surface area contributed by atoms with E-state index in [1.807, 2.05) is 0 Å². The fourth-order valence-electron chi connectivity index (χ4n) is 3.78. The second-order valence-corrected chi connectivity index (χ2v) is 6.56. The third-order valence-electron chi connectivity index (χ3n) is 5.19. The average molecular weight is 265 g/mol. The van der Waals surface area contributed by atoms with Crippen LogP contribution in [0.2, 0.25) is 0 Å². The molecule has 0 aromatic heterocycles. The summed E-state index contributed by atoms with van der Waals surface area (Å²) in [6, 6.07) is 1.05. The van der Waals surface area contributed by atoms with Crippen molar-refractivity contribution in [3.05, 3.63) is 0 Å². The van der Waals surface area contributed by atoms with Crippen LogP contribution < -0.4 is 0 Å². The number of hydrogen-bond donors (Lipinski definition) is 0. The lowest BCUT2D eigenvalue weighted by molar-refractivity contribution is -0.145. The normalized spacial score (nSPS) is 35.3. The van der Waals surface area contributed by atoms with Gasteiger partial charge in [-0.3, -0.25) is 4.79 Å². The molecule has 1 saturated heterocycles. The number of amides is 1. The van der Waals surface area contributed by atoms with Gasteiger partial charge in [0.15, 0.2) is 0 Å². The molecule has 1 amide bonds. The maximum Gasteiger partial charge on any atom is 0.252 e. The van der Waals surface area contributed by atoms with Crippen molar-refractivity contribution in [2.75, 3.05) is 6.61 Å².